The average molecular weight is 1040 g/mol. The number of likely N-dealkylation sites (tertiary alicyclic amines) is 2. The van der Waals surface area contributed by atoms with Gasteiger partial charge in [0.15, 0.2) is 0 Å². The van der Waals surface area contributed by atoms with Gasteiger partial charge in [-0.1, -0.05) is 39.1 Å². The fraction of sp³-hybridized carbons (Fsp3) is 0.382. The van der Waals surface area contributed by atoms with E-state index in [4.69, 9.17) is 20.9 Å². The molecule has 19 heteroatoms. The van der Waals surface area contributed by atoms with Gasteiger partial charge in [0, 0.05) is 110 Å². The molecule has 4 N–H and O–H groups in total. The van der Waals surface area contributed by atoms with Crippen LogP contribution >= 0.6 is 22.7 Å². The average Bonchev–Trinajstić information content (AvgIpc) is 4.17. The van der Waals surface area contributed by atoms with E-state index in [1.807, 2.05) is 9.80 Å². The van der Waals surface area contributed by atoms with Crippen molar-refractivity contribution in [3.8, 4) is 32.4 Å². The number of ether oxygens (including phenoxy) is 2. The van der Waals surface area contributed by atoms with Crippen molar-refractivity contribution in [2.75, 3.05) is 111 Å². The number of hydrogen-bond donors (Lipinski definition) is 2. The Morgan fingerprint density at radius 2 is 1.12 bits per heavy atom. The van der Waals surface area contributed by atoms with Crippen molar-refractivity contribution in [2.24, 2.45) is 0 Å². The Morgan fingerprint density at radius 1 is 0.676 bits per heavy atom. The Balaban J connectivity index is 0.000000170. The maximum atomic E-state index is 13.1. The number of nitrogens with two attached hydrogens (primary N) is 2. The number of rotatable bonds is 14. The number of aromatic nitrogens is 6. The summed E-state index contributed by atoms with van der Waals surface area (Å²) in [6, 6.07) is 13.0. The summed E-state index contributed by atoms with van der Waals surface area (Å²) in [7, 11) is 5.53. The molecule has 3 aliphatic heterocycles. The number of likely N-dealkylation sites (N-methyl/N-ethyl adjacent to an activating group) is 2. The van der Waals surface area contributed by atoms with Crippen molar-refractivity contribution in [1.29, 1.82) is 0 Å². The lowest BCUT2D eigenvalue weighted by Gasteiger charge is -2.41. The molecule has 9 heterocycles. The van der Waals surface area contributed by atoms with Crippen molar-refractivity contribution in [2.45, 2.75) is 39.8 Å². The van der Waals surface area contributed by atoms with Gasteiger partial charge in [0.2, 0.25) is 0 Å². The number of piperazine rings is 1. The lowest BCUT2D eigenvalue weighted by atomic mass is 10.1. The Kier molecular flexibility index (Phi) is 14.2. The second-order valence-corrected chi connectivity index (χ2v) is 21.9. The highest BCUT2D eigenvalue weighted by Gasteiger charge is 2.37. The summed E-state index contributed by atoms with van der Waals surface area (Å²) >= 11 is 3.35. The molecule has 386 valence electrons. The van der Waals surface area contributed by atoms with Crippen molar-refractivity contribution in [1.82, 2.24) is 53.6 Å². The Bertz CT molecular complexity index is 3460. The van der Waals surface area contributed by atoms with Gasteiger partial charge in [-0.25, -0.2) is 19.9 Å². The van der Waals surface area contributed by atoms with E-state index in [2.05, 4.69) is 140 Å². The molecular weight excluding hydrogens is 971 g/mol. The molecule has 0 unspecified atom stereocenters. The number of nitrogen functional groups attached to an aromatic ring is 2. The minimum absolute atomic E-state index is 0.0240. The molecule has 6 aromatic heterocycles. The molecule has 2 aromatic carbocycles. The largest absolute Gasteiger partial charge is 0.495 e. The van der Waals surface area contributed by atoms with E-state index in [-0.39, 0.29) is 23.9 Å². The minimum Gasteiger partial charge on any atom is -0.495 e. The molecule has 17 nitrogen and oxygen atoms in total. The summed E-state index contributed by atoms with van der Waals surface area (Å²) in [4.78, 5) is 56.5. The second kappa shape index (κ2) is 20.8. The molecule has 0 bridgehead atoms. The van der Waals surface area contributed by atoms with Gasteiger partial charge >= 0.3 is 0 Å². The summed E-state index contributed by atoms with van der Waals surface area (Å²) in [5.74, 6) is 2.71. The van der Waals surface area contributed by atoms with Crippen LogP contribution in [0.5, 0.6) is 11.5 Å². The van der Waals surface area contributed by atoms with Crippen LogP contribution in [0, 0.1) is 13.8 Å². The number of fused-ring (bicyclic) bond motifs is 4. The van der Waals surface area contributed by atoms with Gasteiger partial charge in [-0.15, -0.1) is 22.7 Å². The van der Waals surface area contributed by atoms with Crippen LogP contribution in [-0.4, -0.2) is 165 Å². The molecule has 3 saturated heterocycles. The monoisotopic (exact) mass is 1040 g/mol. The maximum absolute atomic E-state index is 13.1. The quantitative estimate of drug-likeness (QED) is 0.100. The highest BCUT2D eigenvalue weighted by Crippen LogP contribution is 2.46. The number of hydrogen-bond acceptors (Lipinski definition) is 15. The van der Waals surface area contributed by atoms with Gasteiger partial charge in [-0.05, 0) is 80.1 Å². The highest BCUT2D eigenvalue weighted by molar-refractivity contribution is 7.23. The Hall–Kier alpha value is -6.90. The lowest BCUT2D eigenvalue weighted by molar-refractivity contribution is -0.133. The third kappa shape index (κ3) is 9.58. The highest BCUT2D eigenvalue weighted by atomic mass is 32.1. The molecule has 74 heavy (non-hydrogen) atoms. The number of nitrogens with zero attached hydrogens (tertiary/aromatic N) is 11. The number of thiophene rings is 2. The molecule has 0 atom stereocenters. The fourth-order valence-electron chi connectivity index (χ4n) is 10.4. The number of carbonyl (C=O) groups is 2. The van der Waals surface area contributed by atoms with Crippen molar-refractivity contribution >= 4 is 88.4 Å². The Morgan fingerprint density at radius 3 is 1.55 bits per heavy atom. The second-order valence-electron chi connectivity index (χ2n) is 19.8. The van der Waals surface area contributed by atoms with Crippen LogP contribution in [0.15, 0.2) is 85.8 Å². The van der Waals surface area contributed by atoms with Crippen molar-refractivity contribution < 1.29 is 19.1 Å². The first kappa shape index (κ1) is 50.6. The summed E-state index contributed by atoms with van der Waals surface area (Å²) in [6.45, 7) is 26.0. The first-order chi connectivity index (χ1) is 35.7. The zero-order chi connectivity index (χ0) is 52.1. The fourth-order valence-corrected chi connectivity index (χ4v) is 12.7. The van der Waals surface area contributed by atoms with Crippen LogP contribution in [0.3, 0.4) is 0 Å². The van der Waals surface area contributed by atoms with Crippen LogP contribution in [0.1, 0.15) is 37.1 Å². The smallest absolute Gasteiger partial charge is 0.250 e. The predicted molar refractivity (Wildman–Crippen MR) is 299 cm³/mol. The maximum Gasteiger partial charge on any atom is 0.250 e. The van der Waals surface area contributed by atoms with E-state index >= 15 is 0 Å². The van der Waals surface area contributed by atoms with Crippen LogP contribution < -0.4 is 20.9 Å². The van der Waals surface area contributed by atoms with E-state index in [0.29, 0.717) is 62.1 Å². The standard InChI is InChI=1S/C28H33N7O2S.C27H32N6O2S/c1-17-9-19-11-23(38-25(19)22(10-17)37-4)21-15-35(27-24(21)26(29)30-16-31-27)20-13-34(14-20)28(36)18(2)12-33-7-5-32(3)6-8-33;1-6-31(7-2)11-17(4)27(34)32-12-19(13-32)33-14-20(23-25(28)29-15-30-26(23)33)22-10-18-8-16(3)9-21(35-5)24(18)36-22/h9-11,15-16,20H,2,5-8,12-14H2,1,3-4H3,(H2,29,30,31);8-10,14-15,19H,4,6-7,11-13H2,1-3,5H3,(H2,28,29,30). The zero-order valence-electron chi connectivity index (χ0n) is 43.4. The normalized spacial score (nSPS) is 15.7. The van der Waals surface area contributed by atoms with Gasteiger partial charge in [-0.3, -0.25) is 19.4 Å². The molecule has 3 fully saturated rings. The van der Waals surface area contributed by atoms with E-state index in [9.17, 15) is 9.59 Å². The number of amides is 2. The van der Waals surface area contributed by atoms with Crippen LogP contribution in [0.2, 0.25) is 0 Å². The van der Waals surface area contributed by atoms with Crippen LogP contribution in [-0.2, 0) is 9.59 Å². The molecule has 11 rings (SSSR count). The lowest BCUT2D eigenvalue weighted by Crippen LogP contribution is -2.52. The number of methoxy groups -OCH3 is 2. The predicted octanol–water partition coefficient (Wildman–Crippen LogP) is 7.89. The van der Waals surface area contributed by atoms with Crippen molar-refractivity contribution in [3.05, 3.63) is 96.9 Å². The SMILES string of the molecule is C=C(CN(CC)CC)C(=O)N1CC(n2cc(-c3cc4cc(C)cc(OC)c4s3)c3c(N)ncnc32)C1.C=C(CN1CCN(C)CC1)C(=O)N1CC(n2cc(-c3cc4cc(C)cc(OC)c4s3)c3c(N)ncnc32)C1. The molecule has 0 saturated carbocycles. The van der Waals surface area contributed by atoms with Crippen molar-refractivity contribution in [3.63, 3.8) is 0 Å². The first-order valence-corrected chi connectivity index (χ1v) is 26.8. The van der Waals surface area contributed by atoms with E-state index in [0.717, 1.165) is 125 Å². The van der Waals surface area contributed by atoms with Gasteiger partial charge in [0.1, 0.15) is 47.1 Å². The zero-order valence-corrected chi connectivity index (χ0v) is 45.0. The van der Waals surface area contributed by atoms with Gasteiger partial charge in [0.25, 0.3) is 11.8 Å². The number of aryl methyl sites for hydroxylation is 2. The summed E-state index contributed by atoms with van der Waals surface area (Å²) in [5.41, 5.74) is 19.9. The summed E-state index contributed by atoms with van der Waals surface area (Å²) in [5, 5.41) is 3.96. The van der Waals surface area contributed by atoms with Gasteiger partial charge in [0.05, 0.1) is 46.5 Å². The summed E-state index contributed by atoms with van der Waals surface area (Å²) < 4.78 is 17.8. The number of carbonyl (C=O) groups excluding carboxylic acids is 2. The molecular formula is C55H65N13O4S2. The summed E-state index contributed by atoms with van der Waals surface area (Å²) in [6.07, 6.45) is 7.24. The van der Waals surface area contributed by atoms with E-state index in [1.165, 1.54) is 12.7 Å². The van der Waals surface area contributed by atoms with E-state index in [1.54, 1.807) is 36.9 Å². The van der Waals surface area contributed by atoms with Gasteiger partial charge in [-0.2, -0.15) is 0 Å². The molecule has 0 spiro atoms. The molecule has 3 aliphatic rings. The minimum atomic E-state index is 0.0240. The molecule has 8 aromatic rings. The third-order valence-corrected chi connectivity index (χ3v) is 17.1. The molecule has 0 radical (unpaired) electrons. The van der Waals surface area contributed by atoms with E-state index < -0.39 is 0 Å². The van der Waals surface area contributed by atoms with Crippen LogP contribution in [0.4, 0.5) is 11.6 Å². The van der Waals surface area contributed by atoms with Crippen LogP contribution in [0.25, 0.3) is 63.1 Å². The van der Waals surface area contributed by atoms with Gasteiger partial charge < -0.3 is 44.8 Å². The topological polar surface area (TPSA) is 182 Å². The molecule has 0 aliphatic carbocycles. The third-order valence-electron chi connectivity index (χ3n) is 14.7. The number of anilines is 2. The Labute approximate surface area is 439 Å². The number of benzene rings is 2. The first-order valence-electron chi connectivity index (χ1n) is 25.1. The molecule has 2 amide bonds.